The number of ether oxygens (including phenoxy) is 1. The van der Waals surface area contributed by atoms with Gasteiger partial charge < -0.3 is 4.74 Å². The highest BCUT2D eigenvalue weighted by molar-refractivity contribution is 5.07. The Bertz CT molecular complexity index is 215. The van der Waals surface area contributed by atoms with Crippen LogP contribution < -0.4 is 0 Å². The maximum absolute atomic E-state index is 5.30. The van der Waals surface area contributed by atoms with Crippen LogP contribution in [-0.4, -0.2) is 19.0 Å². The average molecular weight is 214 g/mol. The van der Waals surface area contributed by atoms with Gasteiger partial charge in [0.1, 0.15) is 0 Å². The van der Waals surface area contributed by atoms with Crippen LogP contribution in [0, 0.1) is 0 Å². The lowest BCUT2D eigenvalue weighted by molar-refractivity contribution is -0.404. The summed E-state index contributed by atoms with van der Waals surface area (Å²) in [4.78, 5) is 10.6. The average Bonchev–Trinajstić information content (AvgIpc) is 2.19. The Hall–Kier alpha value is -0.380. The van der Waals surface area contributed by atoms with Crippen LogP contribution in [0.25, 0.3) is 0 Å². The Morgan fingerprint density at radius 2 is 2.00 bits per heavy atom. The molecule has 0 aliphatic heterocycles. The summed E-state index contributed by atoms with van der Waals surface area (Å²) in [5.74, 6) is 0. The molecule has 0 amide bonds. The largest absolute Gasteiger partial charge is 0.350 e. The standard InChI is InChI=1S/C12H22O3/c1-12(2,3)15-14-11(13-4)10-8-6-5-7-9-10/h8,11H,5-7,9H2,1-4H3. The SMILES string of the molecule is COC(OOC(C)(C)C)C1=CCCCC1. The van der Waals surface area contributed by atoms with E-state index in [0.717, 1.165) is 12.8 Å². The number of methoxy groups -OCH3 is 1. The van der Waals surface area contributed by atoms with Crippen LogP contribution in [0.2, 0.25) is 0 Å². The summed E-state index contributed by atoms with van der Waals surface area (Å²) < 4.78 is 5.27. The van der Waals surface area contributed by atoms with Crippen LogP contribution in [0.4, 0.5) is 0 Å². The quantitative estimate of drug-likeness (QED) is 0.311. The second-order valence-corrected chi connectivity index (χ2v) is 4.88. The summed E-state index contributed by atoms with van der Waals surface area (Å²) in [5, 5.41) is 0. The molecule has 3 nitrogen and oxygen atoms in total. The zero-order valence-electron chi connectivity index (χ0n) is 10.2. The zero-order chi connectivity index (χ0) is 11.3. The summed E-state index contributed by atoms with van der Waals surface area (Å²) in [6, 6.07) is 0. The lowest BCUT2D eigenvalue weighted by atomic mass is 9.99. The van der Waals surface area contributed by atoms with Crippen LogP contribution in [0.5, 0.6) is 0 Å². The first-order valence-electron chi connectivity index (χ1n) is 5.59. The van der Waals surface area contributed by atoms with Crippen LogP contribution in [0.3, 0.4) is 0 Å². The lowest BCUT2D eigenvalue weighted by Crippen LogP contribution is -2.27. The highest BCUT2D eigenvalue weighted by atomic mass is 17.2. The summed E-state index contributed by atoms with van der Waals surface area (Å²) in [6.45, 7) is 5.86. The van der Waals surface area contributed by atoms with Crippen LogP contribution >= 0.6 is 0 Å². The molecule has 0 aromatic carbocycles. The molecule has 0 fully saturated rings. The van der Waals surface area contributed by atoms with Crippen molar-refractivity contribution in [2.24, 2.45) is 0 Å². The molecule has 0 saturated carbocycles. The van der Waals surface area contributed by atoms with Gasteiger partial charge in [0.15, 0.2) is 0 Å². The first kappa shape index (κ1) is 12.7. The minimum absolute atomic E-state index is 0.300. The van der Waals surface area contributed by atoms with E-state index in [-0.39, 0.29) is 11.9 Å². The molecule has 0 saturated heterocycles. The van der Waals surface area contributed by atoms with Gasteiger partial charge in [0, 0.05) is 7.11 Å². The van der Waals surface area contributed by atoms with E-state index >= 15 is 0 Å². The van der Waals surface area contributed by atoms with E-state index in [1.807, 2.05) is 20.8 Å². The third-order valence-electron chi connectivity index (χ3n) is 2.23. The number of hydrogen-bond acceptors (Lipinski definition) is 3. The first-order chi connectivity index (χ1) is 7.03. The minimum Gasteiger partial charge on any atom is -0.350 e. The Morgan fingerprint density at radius 3 is 2.47 bits per heavy atom. The fourth-order valence-corrected chi connectivity index (χ4v) is 1.52. The molecule has 1 unspecified atom stereocenters. The van der Waals surface area contributed by atoms with E-state index in [0.29, 0.717) is 0 Å². The Labute approximate surface area is 92.3 Å². The predicted molar refractivity (Wildman–Crippen MR) is 59.3 cm³/mol. The van der Waals surface area contributed by atoms with E-state index < -0.39 is 0 Å². The molecule has 3 heteroatoms. The topological polar surface area (TPSA) is 27.7 Å². The molecular formula is C12H22O3. The fraction of sp³-hybridized carbons (Fsp3) is 0.833. The maximum Gasteiger partial charge on any atom is 0.213 e. The third-order valence-corrected chi connectivity index (χ3v) is 2.23. The summed E-state index contributed by atoms with van der Waals surface area (Å²) in [5.41, 5.74) is 0.902. The van der Waals surface area contributed by atoms with Crippen molar-refractivity contribution in [3.63, 3.8) is 0 Å². The maximum atomic E-state index is 5.30. The normalized spacial score (nSPS) is 19.9. The fourth-order valence-electron chi connectivity index (χ4n) is 1.52. The molecular weight excluding hydrogens is 192 g/mol. The zero-order valence-corrected chi connectivity index (χ0v) is 10.2. The van der Waals surface area contributed by atoms with Gasteiger partial charge in [0.05, 0.1) is 5.60 Å². The third kappa shape index (κ3) is 4.78. The number of hydrogen-bond donors (Lipinski definition) is 0. The van der Waals surface area contributed by atoms with Crippen LogP contribution in [-0.2, 0) is 14.5 Å². The van der Waals surface area contributed by atoms with Gasteiger partial charge in [-0.1, -0.05) is 6.08 Å². The van der Waals surface area contributed by atoms with Gasteiger partial charge in [-0.3, -0.25) is 0 Å². The molecule has 1 rings (SSSR count). The monoisotopic (exact) mass is 214 g/mol. The summed E-state index contributed by atoms with van der Waals surface area (Å²) in [7, 11) is 1.64. The van der Waals surface area contributed by atoms with Crippen molar-refractivity contribution in [2.75, 3.05) is 7.11 Å². The van der Waals surface area contributed by atoms with Gasteiger partial charge >= 0.3 is 0 Å². The number of allylic oxidation sites excluding steroid dienone is 1. The van der Waals surface area contributed by atoms with E-state index in [9.17, 15) is 0 Å². The molecule has 1 atom stereocenters. The summed E-state index contributed by atoms with van der Waals surface area (Å²) in [6.07, 6.45) is 6.50. The van der Waals surface area contributed by atoms with Crippen molar-refractivity contribution in [3.8, 4) is 0 Å². The molecule has 0 N–H and O–H groups in total. The van der Waals surface area contributed by atoms with Crippen LogP contribution in [0.1, 0.15) is 46.5 Å². The highest BCUT2D eigenvalue weighted by Crippen LogP contribution is 2.23. The minimum atomic E-state index is -0.343. The lowest BCUT2D eigenvalue weighted by Gasteiger charge is -2.25. The molecule has 1 aliphatic carbocycles. The Kier molecular flexibility index (Phi) is 4.77. The van der Waals surface area contributed by atoms with E-state index in [1.165, 1.54) is 18.4 Å². The molecule has 15 heavy (non-hydrogen) atoms. The van der Waals surface area contributed by atoms with Gasteiger partial charge in [-0.2, -0.15) is 4.89 Å². The van der Waals surface area contributed by atoms with Gasteiger partial charge in [-0.05, 0) is 52.0 Å². The highest BCUT2D eigenvalue weighted by Gasteiger charge is 2.20. The van der Waals surface area contributed by atoms with Gasteiger partial charge in [-0.25, -0.2) is 4.89 Å². The van der Waals surface area contributed by atoms with Crippen molar-refractivity contribution >= 4 is 0 Å². The van der Waals surface area contributed by atoms with Crippen molar-refractivity contribution in [2.45, 2.75) is 58.3 Å². The van der Waals surface area contributed by atoms with E-state index in [1.54, 1.807) is 7.11 Å². The molecule has 0 bridgehead atoms. The second-order valence-electron chi connectivity index (χ2n) is 4.88. The van der Waals surface area contributed by atoms with Gasteiger partial charge in [0.25, 0.3) is 0 Å². The molecule has 0 aromatic heterocycles. The van der Waals surface area contributed by atoms with Crippen molar-refractivity contribution in [1.82, 2.24) is 0 Å². The predicted octanol–water partition coefficient (Wildman–Crippen LogP) is 3.21. The molecule has 1 aliphatic rings. The van der Waals surface area contributed by atoms with E-state index in [2.05, 4.69) is 6.08 Å². The summed E-state index contributed by atoms with van der Waals surface area (Å²) >= 11 is 0. The smallest absolute Gasteiger partial charge is 0.213 e. The molecule has 0 aromatic rings. The van der Waals surface area contributed by atoms with Crippen molar-refractivity contribution < 1.29 is 14.5 Å². The van der Waals surface area contributed by atoms with E-state index in [4.69, 9.17) is 14.5 Å². The van der Waals surface area contributed by atoms with Gasteiger partial charge in [-0.15, -0.1) is 0 Å². The second kappa shape index (κ2) is 5.64. The molecule has 0 spiro atoms. The Balaban J connectivity index is 2.44. The number of rotatable bonds is 4. The van der Waals surface area contributed by atoms with Gasteiger partial charge in [0.2, 0.25) is 6.29 Å². The Morgan fingerprint density at radius 1 is 1.27 bits per heavy atom. The first-order valence-corrected chi connectivity index (χ1v) is 5.59. The van der Waals surface area contributed by atoms with Crippen molar-refractivity contribution in [3.05, 3.63) is 11.6 Å². The van der Waals surface area contributed by atoms with Crippen molar-refractivity contribution in [1.29, 1.82) is 0 Å². The van der Waals surface area contributed by atoms with Crippen LogP contribution in [0.15, 0.2) is 11.6 Å². The molecule has 0 heterocycles. The molecule has 88 valence electrons. The molecule has 0 radical (unpaired) electrons.